The summed E-state index contributed by atoms with van der Waals surface area (Å²) in [5.41, 5.74) is 0.277. The maximum absolute atomic E-state index is 11.1. The van der Waals surface area contributed by atoms with Crippen LogP contribution in [0.15, 0.2) is 36.4 Å². The van der Waals surface area contributed by atoms with Gasteiger partial charge in [-0.15, -0.1) is 0 Å². The van der Waals surface area contributed by atoms with E-state index in [1.165, 1.54) is 26.4 Å². The number of anilines is 2. The first-order valence-electron chi connectivity index (χ1n) is 6.47. The predicted molar refractivity (Wildman–Crippen MR) is 82.9 cm³/mol. The van der Waals surface area contributed by atoms with Crippen LogP contribution in [0.1, 0.15) is 10.4 Å². The Morgan fingerprint density at radius 3 is 2.39 bits per heavy atom. The molecule has 0 aliphatic rings. The standard InChI is InChI=1S/C15H14N2O6/c1-22-13-6-4-10(8-14(13)23-2)16-11-7-9(15(18)19)3-5-12(11)17(20)21/h3-8,16H,1-2H3,(H,18,19). The minimum Gasteiger partial charge on any atom is -0.493 e. The molecule has 2 aromatic rings. The van der Waals surface area contributed by atoms with Crippen molar-refractivity contribution < 1.29 is 24.3 Å². The average Bonchev–Trinajstić information content (AvgIpc) is 2.54. The van der Waals surface area contributed by atoms with Crippen molar-refractivity contribution in [3.05, 3.63) is 52.1 Å². The highest BCUT2D eigenvalue weighted by Gasteiger charge is 2.17. The first-order chi connectivity index (χ1) is 11.0. The molecule has 0 fully saturated rings. The number of hydrogen-bond donors (Lipinski definition) is 2. The molecule has 0 unspecified atom stereocenters. The van der Waals surface area contributed by atoms with Gasteiger partial charge >= 0.3 is 5.97 Å². The van der Waals surface area contributed by atoms with Crippen LogP contribution in [0, 0.1) is 10.1 Å². The second kappa shape index (κ2) is 6.65. The number of carboxylic acid groups (broad SMARTS) is 1. The Hall–Kier alpha value is -3.29. The second-order valence-corrected chi connectivity index (χ2v) is 4.49. The van der Waals surface area contributed by atoms with E-state index in [9.17, 15) is 14.9 Å². The number of carbonyl (C=O) groups is 1. The average molecular weight is 318 g/mol. The zero-order chi connectivity index (χ0) is 17.0. The summed E-state index contributed by atoms with van der Waals surface area (Å²) in [6.07, 6.45) is 0. The van der Waals surface area contributed by atoms with Crippen LogP contribution in [-0.4, -0.2) is 30.2 Å². The lowest BCUT2D eigenvalue weighted by atomic mass is 10.1. The first kappa shape index (κ1) is 16.1. The number of hydrogen-bond acceptors (Lipinski definition) is 6. The van der Waals surface area contributed by atoms with Crippen LogP contribution in [0.2, 0.25) is 0 Å². The van der Waals surface area contributed by atoms with Crippen molar-refractivity contribution in [3.63, 3.8) is 0 Å². The third-order valence-electron chi connectivity index (χ3n) is 3.10. The number of nitro groups is 1. The molecule has 8 nitrogen and oxygen atoms in total. The first-order valence-corrected chi connectivity index (χ1v) is 6.47. The Balaban J connectivity index is 2.44. The van der Waals surface area contributed by atoms with Crippen LogP contribution in [0.25, 0.3) is 0 Å². The number of methoxy groups -OCH3 is 2. The molecule has 0 spiro atoms. The Bertz CT molecular complexity index is 760. The van der Waals surface area contributed by atoms with Crippen LogP contribution in [-0.2, 0) is 0 Å². The molecular formula is C15H14N2O6. The number of nitrogens with zero attached hydrogens (tertiary/aromatic N) is 1. The van der Waals surface area contributed by atoms with Crippen LogP contribution < -0.4 is 14.8 Å². The maximum Gasteiger partial charge on any atom is 0.335 e. The van der Waals surface area contributed by atoms with Gasteiger partial charge in [0.1, 0.15) is 5.69 Å². The number of benzene rings is 2. The summed E-state index contributed by atoms with van der Waals surface area (Å²) in [7, 11) is 2.96. The zero-order valence-corrected chi connectivity index (χ0v) is 12.4. The molecule has 0 aliphatic carbocycles. The highest BCUT2D eigenvalue weighted by Crippen LogP contribution is 2.33. The smallest absolute Gasteiger partial charge is 0.335 e. The van der Waals surface area contributed by atoms with Crippen LogP contribution in [0.3, 0.4) is 0 Å². The lowest BCUT2D eigenvalue weighted by Gasteiger charge is -2.12. The third kappa shape index (κ3) is 3.49. The molecule has 0 saturated carbocycles. The molecule has 0 amide bonds. The van der Waals surface area contributed by atoms with Gasteiger partial charge in [0.25, 0.3) is 5.69 Å². The van der Waals surface area contributed by atoms with Crippen molar-refractivity contribution in [1.29, 1.82) is 0 Å². The van der Waals surface area contributed by atoms with Crippen molar-refractivity contribution in [1.82, 2.24) is 0 Å². The van der Waals surface area contributed by atoms with E-state index in [1.807, 2.05) is 0 Å². The number of carboxylic acids is 1. The van der Waals surface area contributed by atoms with Gasteiger partial charge < -0.3 is 19.9 Å². The molecule has 8 heteroatoms. The zero-order valence-electron chi connectivity index (χ0n) is 12.4. The molecule has 0 bridgehead atoms. The number of nitro benzene ring substituents is 1. The fourth-order valence-electron chi connectivity index (χ4n) is 2.00. The largest absolute Gasteiger partial charge is 0.493 e. The van der Waals surface area contributed by atoms with E-state index in [4.69, 9.17) is 14.6 Å². The molecule has 0 atom stereocenters. The van der Waals surface area contributed by atoms with E-state index in [0.29, 0.717) is 17.2 Å². The van der Waals surface area contributed by atoms with Crippen molar-refractivity contribution in [2.24, 2.45) is 0 Å². The number of rotatable bonds is 6. The molecular weight excluding hydrogens is 304 g/mol. The van der Waals surface area contributed by atoms with Gasteiger partial charge in [-0.25, -0.2) is 4.79 Å². The molecule has 120 valence electrons. The number of ether oxygens (including phenoxy) is 2. The fourth-order valence-corrected chi connectivity index (χ4v) is 2.00. The highest BCUT2D eigenvalue weighted by molar-refractivity contribution is 5.90. The maximum atomic E-state index is 11.1. The van der Waals surface area contributed by atoms with Gasteiger partial charge in [-0.05, 0) is 24.3 Å². The van der Waals surface area contributed by atoms with Gasteiger partial charge in [-0.1, -0.05) is 0 Å². The summed E-state index contributed by atoms with van der Waals surface area (Å²) in [6, 6.07) is 8.40. The van der Waals surface area contributed by atoms with Gasteiger partial charge in [0.15, 0.2) is 11.5 Å². The number of nitrogens with one attached hydrogen (secondary N) is 1. The molecule has 0 saturated heterocycles. The van der Waals surface area contributed by atoms with Gasteiger partial charge in [-0.2, -0.15) is 0 Å². The lowest BCUT2D eigenvalue weighted by Crippen LogP contribution is -2.02. The van der Waals surface area contributed by atoms with E-state index >= 15 is 0 Å². The van der Waals surface area contributed by atoms with Crippen LogP contribution in [0.5, 0.6) is 11.5 Å². The molecule has 0 heterocycles. The Morgan fingerprint density at radius 1 is 1.13 bits per heavy atom. The van der Waals surface area contributed by atoms with Crippen molar-refractivity contribution >= 4 is 23.0 Å². The van der Waals surface area contributed by atoms with Crippen LogP contribution >= 0.6 is 0 Å². The molecule has 0 radical (unpaired) electrons. The van der Waals surface area contributed by atoms with Gasteiger partial charge in [0.2, 0.25) is 0 Å². The molecule has 0 aromatic heterocycles. The summed E-state index contributed by atoms with van der Waals surface area (Å²) in [4.78, 5) is 21.5. The Kier molecular flexibility index (Phi) is 4.65. The van der Waals surface area contributed by atoms with Crippen molar-refractivity contribution in [2.45, 2.75) is 0 Å². The molecule has 2 aromatic carbocycles. The minimum absolute atomic E-state index is 0.0569. The molecule has 2 N–H and O–H groups in total. The molecule has 23 heavy (non-hydrogen) atoms. The monoisotopic (exact) mass is 318 g/mol. The summed E-state index contributed by atoms with van der Waals surface area (Å²) in [5.74, 6) is -0.225. The highest BCUT2D eigenvalue weighted by atomic mass is 16.6. The second-order valence-electron chi connectivity index (χ2n) is 4.49. The summed E-state index contributed by atoms with van der Waals surface area (Å²) >= 11 is 0. The van der Waals surface area contributed by atoms with Crippen molar-refractivity contribution in [3.8, 4) is 11.5 Å². The van der Waals surface area contributed by atoms with Crippen LogP contribution in [0.4, 0.5) is 17.1 Å². The van der Waals surface area contributed by atoms with Crippen molar-refractivity contribution in [2.75, 3.05) is 19.5 Å². The topological polar surface area (TPSA) is 111 Å². The van der Waals surface area contributed by atoms with E-state index in [2.05, 4.69) is 5.32 Å². The van der Waals surface area contributed by atoms with E-state index in [0.717, 1.165) is 6.07 Å². The quantitative estimate of drug-likeness (QED) is 0.622. The van der Waals surface area contributed by atoms with Gasteiger partial charge in [0, 0.05) is 17.8 Å². The Labute approximate surface area is 131 Å². The number of aromatic carboxylic acids is 1. The summed E-state index contributed by atoms with van der Waals surface area (Å²) in [5, 5.41) is 22.9. The minimum atomic E-state index is -1.17. The van der Waals surface area contributed by atoms with Gasteiger partial charge in [0.05, 0.1) is 24.7 Å². The fraction of sp³-hybridized carbons (Fsp3) is 0.133. The van der Waals surface area contributed by atoms with E-state index in [-0.39, 0.29) is 16.9 Å². The predicted octanol–water partition coefficient (Wildman–Crippen LogP) is 3.05. The molecule has 0 aliphatic heterocycles. The SMILES string of the molecule is COc1ccc(Nc2cc(C(=O)O)ccc2[N+](=O)[O-])cc1OC. The lowest BCUT2D eigenvalue weighted by molar-refractivity contribution is -0.383. The van der Waals surface area contributed by atoms with E-state index in [1.54, 1.807) is 18.2 Å². The molecule has 2 rings (SSSR count). The normalized spacial score (nSPS) is 10.0. The Morgan fingerprint density at radius 2 is 1.83 bits per heavy atom. The van der Waals surface area contributed by atoms with Gasteiger partial charge in [-0.3, -0.25) is 10.1 Å². The third-order valence-corrected chi connectivity index (χ3v) is 3.10. The summed E-state index contributed by atoms with van der Waals surface area (Å²) < 4.78 is 10.3. The summed E-state index contributed by atoms with van der Waals surface area (Å²) in [6.45, 7) is 0. The van der Waals surface area contributed by atoms with E-state index < -0.39 is 10.9 Å².